The number of nitrogens with zero attached hydrogens (tertiary/aromatic N) is 2. The molecule has 0 aliphatic carbocycles. The highest BCUT2D eigenvalue weighted by molar-refractivity contribution is 7.17. The second-order valence-electron chi connectivity index (χ2n) is 3.60. The van der Waals surface area contributed by atoms with Crippen molar-refractivity contribution in [2.24, 2.45) is 0 Å². The van der Waals surface area contributed by atoms with Gasteiger partial charge in [0.2, 0.25) is 0 Å². The maximum atomic E-state index is 13.1. The first-order valence-corrected chi connectivity index (χ1v) is 5.85. The van der Waals surface area contributed by atoms with Gasteiger partial charge in [-0.2, -0.15) is 0 Å². The molecule has 0 aliphatic heterocycles. The molecule has 5 heteroatoms. The Bertz CT molecular complexity index is 553. The lowest BCUT2D eigenvalue weighted by molar-refractivity contribution is 0.112. The van der Waals surface area contributed by atoms with Crippen molar-refractivity contribution in [3.8, 4) is 0 Å². The van der Waals surface area contributed by atoms with Crippen molar-refractivity contribution in [2.75, 3.05) is 11.9 Å². The molecule has 0 spiro atoms. The van der Waals surface area contributed by atoms with E-state index in [1.54, 1.807) is 31.0 Å². The number of carbonyl (C=O) groups is 1. The molecule has 2 rings (SSSR count). The minimum atomic E-state index is -0.293. The van der Waals surface area contributed by atoms with E-state index in [9.17, 15) is 9.18 Å². The molecule has 1 aromatic heterocycles. The number of halogens is 1. The van der Waals surface area contributed by atoms with Crippen molar-refractivity contribution in [3.63, 3.8) is 0 Å². The van der Waals surface area contributed by atoms with E-state index < -0.39 is 0 Å². The van der Waals surface area contributed by atoms with Gasteiger partial charge in [0.25, 0.3) is 0 Å². The number of aryl methyl sites for hydroxylation is 1. The van der Waals surface area contributed by atoms with E-state index in [2.05, 4.69) is 4.98 Å². The van der Waals surface area contributed by atoms with Crippen LogP contribution in [0.4, 0.5) is 15.2 Å². The van der Waals surface area contributed by atoms with Crippen molar-refractivity contribution in [2.45, 2.75) is 6.92 Å². The fraction of sp³-hybridized carbons (Fsp3) is 0.167. The normalized spacial score (nSPS) is 10.3. The lowest BCUT2D eigenvalue weighted by Gasteiger charge is -2.15. The first-order chi connectivity index (χ1) is 8.11. The summed E-state index contributed by atoms with van der Waals surface area (Å²) in [6, 6.07) is 6.25. The Morgan fingerprint density at radius 3 is 2.82 bits per heavy atom. The molecule has 1 aromatic carbocycles. The maximum Gasteiger partial charge on any atom is 0.190 e. The summed E-state index contributed by atoms with van der Waals surface area (Å²) in [6.45, 7) is 1.78. The Hall–Kier alpha value is -1.75. The summed E-state index contributed by atoms with van der Waals surface area (Å²) < 4.78 is 13.1. The van der Waals surface area contributed by atoms with Crippen molar-refractivity contribution < 1.29 is 9.18 Å². The first kappa shape index (κ1) is 11.7. The third-order valence-corrected chi connectivity index (χ3v) is 3.57. The van der Waals surface area contributed by atoms with E-state index in [1.165, 1.54) is 23.5 Å². The number of rotatable bonds is 3. The third-order valence-electron chi connectivity index (χ3n) is 2.41. The average molecular weight is 250 g/mol. The molecule has 0 bridgehead atoms. The Labute approximate surface area is 103 Å². The lowest BCUT2D eigenvalue weighted by Crippen LogP contribution is -2.09. The highest BCUT2D eigenvalue weighted by Gasteiger charge is 2.12. The number of anilines is 2. The highest BCUT2D eigenvalue weighted by atomic mass is 32.1. The molecule has 0 radical (unpaired) electrons. The standard InChI is InChI=1S/C12H11FN2OS/c1-8-11(7-16)17-12(14-8)15(2)10-5-3-4-9(13)6-10/h3-7H,1-2H3. The van der Waals surface area contributed by atoms with Gasteiger partial charge in [-0.25, -0.2) is 9.37 Å². The molecule has 0 amide bonds. The van der Waals surface area contributed by atoms with Gasteiger partial charge >= 0.3 is 0 Å². The summed E-state index contributed by atoms with van der Waals surface area (Å²) in [5.41, 5.74) is 1.40. The molecule has 88 valence electrons. The molecule has 0 N–H and O–H groups in total. The zero-order valence-corrected chi connectivity index (χ0v) is 10.3. The summed E-state index contributed by atoms with van der Waals surface area (Å²) in [5.74, 6) is -0.293. The summed E-state index contributed by atoms with van der Waals surface area (Å²) >= 11 is 1.29. The average Bonchev–Trinajstić information content (AvgIpc) is 2.69. The smallest absolute Gasteiger partial charge is 0.190 e. The van der Waals surface area contributed by atoms with Crippen molar-refractivity contribution in [3.05, 3.63) is 40.7 Å². The van der Waals surface area contributed by atoms with Crippen LogP contribution in [0.2, 0.25) is 0 Å². The SMILES string of the molecule is Cc1nc(N(C)c2cccc(F)c2)sc1C=O. The van der Waals surface area contributed by atoms with Gasteiger partial charge in [0, 0.05) is 12.7 Å². The number of aromatic nitrogens is 1. The summed E-state index contributed by atoms with van der Waals surface area (Å²) in [4.78, 5) is 17.4. The highest BCUT2D eigenvalue weighted by Crippen LogP contribution is 2.29. The second-order valence-corrected chi connectivity index (χ2v) is 4.61. The Balaban J connectivity index is 2.36. The largest absolute Gasteiger partial charge is 0.321 e. The number of hydrogen-bond acceptors (Lipinski definition) is 4. The van der Waals surface area contributed by atoms with Crippen molar-refractivity contribution >= 4 is 28.4 Å². The molecule has 1 heterocycles. The Morgan fingerprint density at radius 1 is 1.47 bits per heavy atom. The van der Waals surface area contributed by atoms with E-state index in [1.807, 2.05) is 0 Å². The third kappa shape index (κ3) is 2.34. The van der Waals surface area contributed by atoms with Gasteiger partial charge in [0.05, 0.1) is 10.6 Å². The number of hydrogen-bond donors (Lipinski definition) is 0. The topological polar surface area (TPSA) is 33.2 Å². The van der Waals surface area contributed by atoms with Crippen LogP contribution in [0.1, 0.15) is 15.4 Å². The van der Waals surface area contributed by atoms with Gasteiger partial charge in [0.15, 0.2) is 11.4 Å². The van der Waals surface area contributed by atoms with Crippen molar-refractivity contribution in [1.29, 1.82) is 0 Å². The van der Waals surface area contributed by atoms with Crippen LogP contribution in [0.15, 0.2) is 24.3 Å². The zero-order valence-electron chi connectivity index (χ0n) is 9.48. The number of aldehydes is 1. The predicted octanol–water partition coefficient (Wildman–Crippen LogP) is 3.17. The molecule has 0 fully saturated rings. The minimum absolute atomic E-state index is 0.293. The number of benzene rings is 1. The van der Waals surface area contributed by atoms with Gasteiger partial charge in [-0.3, -0.25) is 4.79 Å². The molecule has 0 saturated carbocycles. The van der Waals surface area contributed by atoms with Crippen LogP contribution in [0.25, 0.3) is 0 Å². The van der Waals surface area contributed by atoms with Crippen LogP contribution in [0, 0.1) is 12.7 Å². The molecule has 17 heavy (non-hydrogen) atoms. The second kappa shape index (κ2) is 4.63. The van der Waals surface area contributed by atoms with Gasteiger partial charge in [0.1, 0.15) is 5.82 Å². The molecular weight excluding hydrogens is 239 g/mol. The molecule has 0 aliphatic rings. The van der Waals surface area contributed by atoms with E-state index in [4.69, 9.17) is 0 Å². The molecule has 2 aromatic rings. The fourth-order valence-electron chi connectivity index (χ4n) is 1.44. The van der Waals surface area contributed by atoms with Gasteiger partial charge < -0.3 is 4.90 Å². The van der Waals surface area contributed by atoms with Gasteiger partial charge in [-0.05, 0) is 25.1 Å². The molecule has 0 unspecified atom stereocenters. The molecular formula is C12H11FN2OS. The summed E-state index contributed by atoms with van der Waals surface area (Å²) in [5, 5.41) is 0.676. The van der Waals surface area contributed by atoms with Crippen molar-refractivity contribution in [1.82, 2.24) is 4.98 Å². The number of carbonyl (C=O) groups excluding carboxylic acids is 1. The zero-order chi connectivity index (χ0) is 12.4. The Kier molecular flexibility index (Phi) is 3.19. The number of thiazole rings is 1. The lowest BCUT2D eigenvalue weighted by atomic mass is 10.3. The van der Waals surface area contributed by atoms with E-state index in [0.717, 1.165) is 6.29 Å². The maximum absolute atomic E-state index is 13.1. The van der Waals surface area contributed by atoms with Crippen LogP contribution >= 0.6 is 11.3 Å². The molecule has 0 saturated heterocycles. The van der Waals surface area contributed by atoms with Crippen LogP contribution < -0.4 is 4.90 Å². The van der Waals surface area contributed by atoms with E-state index in [-0.39, 0.29) is 5.82 Å². The monoisotopic (exact) mass is 250 g/mol. The van der Waals surface area contributed by atoms with Crippen LogP contribution in [-0.2, 0) is 0 Å². The summed E-state index contributed by atoms with van der Waals surface area (Å²) in [6.07, 6.45) is 0.788. The van der Waals surface area contributed by atoms with E-state index in [0.29, 0.717) is 21.4 Å². The molecule has 3 nitrogen and oxygen atoms in total. The predicted molar refractivity (Wildman–Crippen MR) is 66.7 cm³/mol. The fourth-order valence-corrected chi connectivity index (χ4v) is 2.30. The molecule has 0 atom stereocenters. The minimum Gasteiger partial charge on any atom is -0.321 e. The van der Waals surface area contributed by atoms with Crippen LogP contribution in [-0.4, -0.2) is 18.3 Å². The van der Waals surface area contributed by atoms with Crippen LogP contribution in [0.5, 0.6) is 0 Å². The quantitative estimate of drug-likeness (QED) is 0.784. The van der Waals surface area contributed by atoms with Gasteiger partial charge in [-0.15, -0.1) is 0 Å². The summed E-state index contributed by atoms with van der Waals surface area (Å²) in [7, 11) is 1.79. The van der Waals surface area contributed by atoms with E-state index >= 15 is 0 Å². The first-order valence-electron chi connectivity index (χ1n) is 5.03. The van der Waals surface area contributed by atoms with Crippen LogP contribution in [0.3, 0.4) is 0 Å². The van der Waals surface area contributed by atoms with Gasteiger partial charge in [-0.1, -0.05) is 17.4 Å². The Morgan fingerprint density at radius 2 is 2.24 bits per heavy atom.